The summed E-state index contributed by atoms with van der Waals surface area (Å²) in [4.78, 5) is 14.8. The van der Waals surface area contributed by atoms with Crippen molar-refractivity contribution in [2.45, 2.75) is 42.5 Å². The molecule has 0 heterocycles. The lowest BCUT2D eigenvalue weighted by Gasteiger charge is -2.43. The van der Waals surface area contributed by atoms with Crippen molar-refractivity contribution in [3.05, 3.63) is 30.1 Å². The first-order valence-electron chi connectivity index (χ1n) is 7.85. The fourth-order valence-electron chi connectivity index (χ4n) is 3.01. The maximum Gasteiger partial charge on any atom is 0.230 e. The number of carbonyl (C=O) groups excluding carboxylic acids is 1. The molecular weight excluding hydrogens is 299 g/mol. The molecule has 0 spiro atoms. The van der Waals surface area contributed by atoms with Crippen LogP contribution in [-0.2, 0) is 4.79 Å². The van der Waals surface area contributed by atoms with E-state index in [1.165, 1.54) is 37.1 Å². The van der Waals surface area contributed by atoms with Gasteiger partial charge < -0.3 is 10.2 Å². The molecule has 1 aromatic carbocycles. The Morgan fingerprint density at radius 2 is 1.95 bits per heavy atom. The predicted molar refractivity (Wildman–Crippen MR) is 89.6 cm³/mol. The van der Waals surface area contributed by atoms with Crippen molar-refractivity contribution in [3.63, 3.8) is 0 Å². The van der Waals surface area contributed by atoms with Crippen LogP contribution in [0.3, 0.4) is 0 Å². The number of amides is 1. The minimum absolute atomic E-state index is 0.0277. The van der Waals surface area contributed by atoms with Gasteiger partial charge in [0.1, 0.15) is 5.82 Å². The molecule has 0 saturated heterocycles. The van der Waals surface area contributed by atoms with Crippen molar-refractivity contribution in [1.29, 1.82) is 0 Å². The molecule has 0 unspecified atom stereocenters. The van der Waals surface area contributed by atoms with E-state index in [1.807, 2.05) is 0 Å². The van der Waals surface area contributed by atoms with E-state index in [4.69, 9.17) is 0 Å². The second kappa shape index (κ2) is 7.97. The topological polar surface area (TPSA) is 32.3 Å². The fraction of sp³-hybridized carbons (Fsp3) is 0.588. The van der Waals surface area contributed by atoms with Gasteiger partial charge in [0.15, 0.2) is 0 Å². The Bertz CT molecular complexity index is 501. The van der Waals surface area contributed by atoms with Crippen LogP contribution in [0, 0.1) is 5.82 Å². The highest BCUT2D eigenvalue weighted by Crippen LogP contribution is 2.31. The zero-order valence-electron chi connectivity index (χ0n) is 13.4. The molecule has 5 heteroatoms. The van der Waals surface area contributed by atoms with Crippen LogP contribution in [0.25, 0.3) is 0 Å². The largest absolute Gasteiger partial charge is 0.354 e. The maximum absolute atomic E-state index is 13.5. The lowest BCUT2D eigenvalue weighted by molar-refractivity contribution is -0.119. The summed E-state index contributed by atoms with van der Waals surface area (Å²) in [5.41, 5.74) is 0.0799. The molecule has 0 atom stereocenters. The first-order valence-corrected chi connectivity index (χ1v) is 8.83. The normalized spacial score (nSPS) is 17.5. The van der Waals surface area contributed by atoms with Gasteiger partial charge in [-0.1, -0.05) is 31.4 Å². The summed E-state index contributed by atoms with van der Waals surface area (Å²) in [6, 6.07) is 6.56. The third-order valence-corrected chi connectivity index (χ3v) is 5.59. The Labute approximate surface area is 136 Å². The number of benzene rings is 1. The molecule has 0 aromatic heterocycles. The van der Waals surface area contributed by atoms with Gasteiger partial charge in [0, 0.05) is 17.0 Å². The average Bonchev–Trinajstić information content (AvgIpc) is 2.53. The fourth-order valence-corrected chi connectivity index (χ4v) is 3.78. The first-order chi connectivity index (χ1) is 10.5. The molecular formula is C17H25FN2OS. The van der Waals surface area contributed by atoms with Gasteiger partial charge in [-0.3, -0.25) is 4.79 Å². The second-order valence-electron chi connectivity index (χ2n) is 6.18. The molecule has 1 aliphatic rings. The van der Waals surface area contributed by atoms with Crippen molar-refractivity contribution in [2.75, 3.05) is 26.4 Å². The molecule has 1 fully saturated rings. The molecule has 0 aliphatic heterocycles. The molecule has 3 nitrogen and oxygen atoms in total. The summed E-state index contributed by atoms with van der Waals surface area (Å²) in [6.45, 7) is 0.677. The van der Waals surface area contributed by atoms with E-state index >= 15 is 0 Å². The van der Waals surface area contributed by atoms with Gasteiger partial charge in [-0.25, -0.2) is 4.39 Å². The van der Waals surface area contributed by atoms with E-state index in [0.29, 0.717) is 11.4 Å². The maximum atomic E-state index is 13.5. The van der Waals surface area contributed by atoms with Gasteiger partial charge >= 0.3 is 0 Å². The minimum atomic E-state index is -0.266. The molecule has 2 rings (SSSR count). The van der Waals surface area contributed by atoms with Crippen molar-refractivity contribution in [3.8, 4) is 0 Å². The molecule has 0 bridgehead atoms. The Morgan fingerprint density at radius 3 is 2.59 bits per heavy atom. The summed E-state index contributed by atoms with van der Waals surface area (Å²) in [6.07, 6.45) is 5.98. The zero-order chi connectivity index (χ0) is 16.0. The van der Waals surface area contributed by atoms with Crippen LogP contribution in [0.2, 0.25) is 0 Å². The Kier molecular flexibility index (Phi) is 6.26. The van der Waals surface area contributed by atoms with Crippen LogP contribution < -0.4 is 5.32 Å². The predicted octanol–water partition coefficient (Wildman–Crippen LogP) is 3.30. The van der Waals surface area contributed by atoms with Gasteiger partial charge in [-0.2, -0.15) is 0 Å². The van der Waals surface area contributed by atoms with Gasteiger partial charge in [0.05, 0.1) is 5.75 Å². The van der Waals surface area contributed by atoms with Gasteiger partial charge in [-0.15, -0.1) is 11.8 Å². The Balaban J connectivity index is 1.83. The number of hydrogen-bond acceptors (Lipinski definition) is 3. The standard InChI is InChI=1S/C17H25FN2OS/c1-20(2)17(10-6-3-7-11-17)13-19-16(21)12-22-15-9-5-4-8-14(15)18/h4-5,8-9H,3,6-7,10-13H2,1-2H3,(H,19,21). The van der Waals surface area contributed by atoms with Crippen LogP contribution >= 0.6 is 11.8 Å². The quantitative estimate of drug-likeness (QED) is 0.815. The van der Waals surface area contributed by atoms with Gasteiger partial charge in [0.2, 0.25) is 5.91 Å². The number of hydrogen-bond donors (Lipinski definition) is 1. The minimum Gasteiger partial charge on any atom is -0.354 e. The van der Waals surface area contributed by atoms with Crippen LogP contribution in [-0.4, -0.2) is 42.7 Å². The Morgan fingerprint density at radius 1 is 1.27 bits per heavy atom. The molecule has 1 aromatic rings. The molecule has 1 N–H and O–H groups in total. The lowest BCUT2D eigenvalue weighted by atomic mass is 9.80. The molecule has 1 amide bonds. The summed E-state index contributed by atoms with van der Waals surface area (Å²) >= 11 is 1.25. The van der Waals surface area contributed by atoms with Crippen molar-refractivity contribution in [2.24, 2.45) is 0 Å². The molecule has 0 radical (unpaired) electrons. The van der Waals surface area contributed by atoms with Gasteiger partial charge in [0.25, 0.3) is 0 Å². The third kappa shape index (κ3) is 4.46. The van der Waals surface area contributed by atoms with E-state index in [2.05, 4.69) is 24.3 Å². The SMILES string of the molecule is CN(C)C1(CNC(=O)CSc2ccccc2F)CCCCC1. The van der Waals surface area contributed by atoms with E-state index in [9.17, 15) is 9.18 Å². The van der Waals surface area contributed by atoms with Crippen LogP contribution in [0.15, 0.2) is 29.2 Å². The van der Waals surface area contributed by atoms with E-state index in [1.54, 1.807) is 18.2 Å². The molecule has 1 aliphatic carbocycles. The summed E-state index contributed by atoms with van der Waals surface area (Å²) in [5, 5.41) is 3.04. The number of nitrogens with one attached hydrogen (secondary N) is 1. The summed E-state index contributed by atoms with van der Waals surface area (Å²) < 4.78 is 13.5. The number of likely N-dealkylation sites (N-methyl/N-ethyl adjacent to an activating group) is 1. The monoisotopic (exact) mass is 324 g/mol. The highest BCUT2D eigenvalue weighted by Gasteiger charge is 2.34. The van der Waals surface area contributed by atoms with Crippen LogP contribution in [0.1, 0.15) is 32.1 Å². The zero-order valence-corrected chi connectivity index (χ0v) is 14.2. The molecule has 122 valence electrons. The average molecular weight is 324 g/mol. The highest BCUT2D eigenvalue weighted by molar-refractivity contribution is 8.00. The second-order valence-corrected chi connectivity index (χ2v) is 7.19. The number of thioether (sulfide) groups is 1. The van der Waals surface area contributed by atoms with Crippen molar-refractivity contribution >= 4 is 17.7 Å². The van der Waals surface area contributed by atoms with Crippen molar-refractivity contribution < 1.29 is 9.18 Å². The van der Waals surface area contributed by atoms with E-state index < -0.39 is 0 Å². The smallest absolute Gasteiger partial charge is 0.230 e. The number of halogens is 1. The molecule has 1 saturated carbocycles. The lowest BCUT2D eigenvalue weighted by Crippen LogP contribution is -2.54. The highest BCUT2D eigenvalue weighted by atomic mass is 32.2. The number of nitrogens with zero attached hydrogens (tertiary/aromatic N) is 1. The first kappa shape index (κ1) is 17.3. The number of carbonyl (C=O) groups is 1. The Hall–Kier alpha value is -1.07. The summed E-state index contributed by atoms with van der Waals surface area (Å²) in [7, 11) is 4.18. The van der Waals surface area contributed by atoms with E-state index in [-0.39, 0.29) is 23.0 Å². The van der Waals surface area contributed by atoms with Gasteiger partial charge in [-0.05, 0) is 39.1 Å². The van der Waals surface area contributed by atoms with Crippen molar-refractivity contribution in [1.82, 2.24) is 10.2 Å². The summed E-state index contributed by atoms with van der Waals surface area (Å²) in [5.74, 6) is -0.0397. The van der Waals surface area contributed by atoms with E-state index in [0.717, 1.165) is 12.8 Å². The number of rotatable bonds is 6. The molecule has 22 heavy (non-hydrogen) atoms. The van der Waals surface area contributed by atoms with Crippen LogP contribution in [0.5, 0.6) is 0 Å². The third-order valence-electron chi connectivity index (χ3n) is 4.54. The van der Waals surface area contributed by atoms with Crippen LogP contribution in [0.4, 0.5) is 4.39 Å².